The molecule has 0 aliphatic heterocycles. The summed E-state index contributed by atoms with van der Waals surface area (Å²) in [5.41, 5.74) is 9.56. The smallest absolute Gasteiger partial charge is 0.0992 e. The number of benzene rings is 2. The standard InChI is InChI=1S/C17H19N3/c1-13(2)20(12-14-6-4-3-5-7-14)17-10-15(11-18)8-9-16(17)19/h3-10,13H,12,19H2,1-2H3. The summed E-state index contributed by atoms with van der Waals surface area (Å²) < 4.78 is 0. The predicted octanol–water partition coefficient (Wildman–Crippen LogP) is 3.56. The summed E-state index contributed by atoms with van der Waals surface area (Å²) in [6, 6.07) is 18.1. The van der Waals surface area contributed by atoms with Crippen molar-refractivity contribution < 1.29 is 0 Å². The molecule has 0 saturated carbocycles. The second-order valence-electron chi connectivity index (χ2n) is 5.09. The molecule has 102 valence electrons. The maximum atomic E-state index is 9.05. The van der Waals surface area contributed by atoms with Gasteiger partial charge in [-0.2, -0.15) is 5.26 Å². The van der Waals surface area contributed by atoms with E-state index in [1.54, 1.807) is 12.1 Å². The molecule has 3 nitrogen and oxygen atoms in total. The van der Waals surface area contributed by atoms with Crippen LogP contribution in [0.15, 0.2) is 48.5 Å². The zero-order valence-corrected chi connectivity index (χ0v) is 11.9. The van der Waals surface area contributed by atoms with Gasteiger partial charge in [0, 0.05) is 12.6 Å². The van der Waals surface area contributed by atoms with Gasteiger partial charge in [0.15, 0.2) is 0 Å². The van der Waals surface area contributed by atoms with Gasteiger partial charge in [0.05, 0.1) is 23.0 Å². The number of hydrogen-bond donors (Lipinski definition) is 1. The van der Waals surface area contributed by atoms with E-state index in [2.05, 4.69) is 36.9 Å². The van der Waals surface area contributed by atoms with Crippen molar-refractivity contribution in [3.05, 3.63) is 59.7 Å². The number of rotatable bonds is 4. The maximum Gasteiger partial charge on any atom is 0.0992 e. The summed E-state index contributed by atoms with van der Waals surface area (Å²) in [7, 11) is 0. The molecule has 0 saturated heterocycles. The van der Waals surface area contributed by atoms with Crippen LogP contribution >= 0.6 is 0 Å². The van der Waals surface area contributed by atoms with Gasteiger partial charge in [-0.05, 0) is 37.6 Å². The Hall–Kier alpha value is -2.47. The largest absolute Gasteiger partial charge is 0.397 e. The highest BCUT2D eigenvalue weighted by atomic mass is 15.2. The van der Waals surface area contributed by atoms with E-state index in [4.69, 9.17) is 11.0 Å². The Labute approximate surface area is 120 Å². The fraction of sp³-hybridized carbons (Fsp3) is 0.235. The van der Waals surface area contributed by atoms with Crippen LogP contribution < -0.4 is 10.6 Å². The normalized spacial score (nSPS) is 10.3. The molecule has 0 atom stereocenters. The van der Waals surface area contributed by atoms with Gasteiger partial charge in [0.2, 0.25) is 0 Å². The molecule has 3 heteroatoms. The van der Waals surface area contributed by atoms with E-state index in [1.165, 1.54) is 5.56 Å². The van der Waals surface area contributed by atoms with Gasteiger partial charge in [0.1, 0.15) is 0 Å². The summed E-state index contributed by atoms with van der Waals surface area (Å²) in [5.74, 6) is 0. The quantitative estimate of drug-likeness (QED) is 0.860. The molecule has 0 amide bonds. The highest BCUT2D eigenvalue weighted by Gasteiger charge is 2.14. The van der Waals surface area contributed by atoms with Crippen LogP contribution in [0.4, 0.5) is 11.4 Å². The molecule has 0 heterocycles. The first-order valence-corrected chi connectivity index (χ1v) is 6.72. The lowest BCUT2D eigenvalue weighted by atomic mass is 10.1. The number of nitrogen functional groups attached to an aromatic ring is 1. The fourth-order valence-electron chi connectivity index (χ4n) is 2.19. The SMILES string of the molecule is CC(C)N(Cc1ccccc1)c1cc(C#N)ccc1N. The third-order valence-electron chi connectivity index (χ3n) is 3.29. The Morgan fingerprint density at radius 1 is 1.15 bits per heavy atom. The minimum Gasteiger partial charge on any atom is -0.397 e. The molecule has 0 bridgehead atoms. The van der Waals surface area contributed by atoms with E-state index in [0.717, 1.165) is 12.2 Å². The van der Waals surface area contributed by atoms with Crippen molar-refractivity contribution >= 4 is 11.4 Å². The van der Waals surface area contributed by atoms with Crippen molar-refractivity contribution in [1.29, 1.82) is 5.26 Å². The van der Waals surface area contributed by atoms with Crippen LogP contribution in [-0.2, 0) is 6.54 Å². The zero-order chi connectivity index (χ0) is 14.5. The minimum atomic E-state index is 0.298. The lowest BCUT2D eigenvalue weighted by Gasteiger charge is -2.30. The number of anilines is 2. The second-order valence-corrected chi connectivity index (χ2v) is 5.09. The summed E-state index contributed by atoms with van der Waals surface area (Å²) >= 11 is 0. The molecular formula is C17H19N3. The maximum absolute atomic E-state index is 9.05. The van der Waals surface area contributed by atoms with Crippen LogP contribution in [0.3, 0.4) is 0 Å². The predicted molar refractivity (Wildman–Crippen MR) is 83.3 cm³/mol. The monoisotopic (exact) mass is 265 g/mol. The van der Waals surface area contributed by atoms with E-state index >= 15 is 0 Å². The Morgan fingerprint density at radius 2 is 1.85 bits per heavy atom. The lowest BCUT2D eigenvalue weighted by molar-refractivity contribution is 0.683. The summed E-state index contributed by atoms with van der Waals surface area (Å²) in [5, 5.41) is 9.05. The van der Waals surface area contributed by atoms with E-state index in [1.807, 2.05) is 24.3 Å². The van der Waals surface area contributed by atoms with Crippen LogP contribution in [0.1, 0.15) is 25.0 Å². The van der Waals surface area contributed by atoms with Crippen molar-refractivity contribution in [1.82, 2.24) is 0 Å². The van der Waals surface area contributed by atoms with Crippen LogP contribution in [0.5, 0.6) is 0 Å². The van der Waals surface area contributed by atoms with Gasteiger partial charge in [-0.25, -0.2) is 0 Å². The van der Waals surface area contributed by atoms with Crippen LogP contribution in [0, 0.1) is 11.3 Å². The zero-order valence-electron chi connectivity index (χ0n) is 11.9. The molecule has 0 aliphatic carbocycles. The number of nitrogens with two attached hydrogens (primary N) is 1. The van der Waals surface area contributed by atoms with Crippen molar-refractivity contribution in [2.45, 2.75) is 26.4 Å². The number of nitriles is 1. The first-order chi connectivity index (χ1) is 9.61. The van der Waals surface area contributed by atoms with Crippen molar-refractivity contribution in [3.63, 3.8) is 0 Å². The van der Waals surface area contributed by atoms with Crippen molar-refractivity contribution in [2.75, 3.05) is 10.6 Å². The molecule has 0 aliphatic rings. The number of nitrogens with zero attached hydrogens (tertiary/aromatic N) is 2. The molecule has 2 rings (SSSR count). The Morgan fingerprint density at radius 3 is 2.45 bits per heavy atom. The lowest BCUT2D eigenvalue weighted by Crippen LogP contribution is -2.30. The van der Waals surface area contributed by atoms with Crippen LogP contribution in [0.25, 0.3) is 0 Å². The minimum absolute atomic E-state index is 0.298. The van der Waals surface area contributed by atoms with Gasteiger partial charge in [-0.3, -0.25) is 0 Å². The van der Waals surface area contributed by atoms with Gasteiger partial charge >= 0.3 is 0 Å². The average molecular weight is 265 g/mol. The molecule has 0 fully saturated rings. The van der Waals surface area contributed by atoms with E-state index in [-0.39, 0.29) is 0 Å². The Kier molecular flexibility index (Phi) is 4.27. The van der Waals surface area contributed by atoms with Crippen LogP contribution in [0.2, 0.25) is 0 Å². The highest BCUT2D eigenvalue weighted by Crippen LogP contribution is 2.27. The van der Waals surface area contributed by atoms with E-state index in [0.29, 0.717) is 17.3 Å². The van der Waals surface area contributed by atoms with Gasteiger partial charge in [0.25, 0.3) is 0 Å². The van der Waals surface area contributed by atoms with Crippen LogP contribution in [-0.4, -0.2) is 6.04 Å². The first kappa shape index (κ1) is 14.0. The molecule has 2 aromatic rings. The highest BCUT2D eigenvalue weighted by molar-refractivity contribution is 5.70. The third kappa shape index (κ3) is 3.10. The Bertz CT molecular complexity index is 612. The molecule has 20 heavy (non-hydrogen) atoms. The topological polar surface area (TPSA) is 53.0 Å². The van der Waals surface area contributed by atoms with Crippen molar-refractivity contribution in [3.8, 4) is 6.07 Å². The molecule has 2 aromatic carbocycles. The Balaban J connectivity index is 2.37. The van der Waals surface area contributed by atoms with Gasteiger partial charge in [-0.15, -0.1) is 0 Å². The van der Waals surface area contributed by atoms with Gasteiger partial charge in [-0.1, -0.05) is 30.3 Å². The van der Waals surface area contributed by atoms with Crippen molar-refractivity contribution in [2.24, 2.45) is 0 Å². The molecule has 0 aromatic heterocycles. The first-order valence-electron chi connectivity index (χ1n) is 6.72. The van der Waals surface area contributed by atoms with E-state index in [9.17, 15) is 0 Å². The third-order valence-corrected chi connectivity index (χ3v) is 3.29. The molecule has 0 spiro atoms. The van der Waals surface area contributed by atoms with E-state index < -0.39 is 0 Å². The summed E-state index contributed by atoms with van der Waals surface area (Å²) in [4.78, 5) is 2.21. The van der Waals surface area contributed by atoms with Gasteiger partial charge < -0.3 is 10.6 Å². The molecule has 0 unspecified atom stereocenters. The molecular weight excluding hydrogens is 246 g/mol. The molecule has 0 radical (unpaired) electrons. The fourth-order valence-corrected chi connectivity index (χ4v) is 2.19. The summed E-state index contributed by atoms with van der Waals surface area (Å²) in [6.07, 6.45) is 0. The number of hydrogen-bond acceptors (Lipinski definition) is 3. The summed E-state index contributed by atoms with van der Waals surface area (Å²) in [6.45, 7) is 5.03. The second kappa shape index (κ2) is 6.12. The average Bonchev–Trinajstić information content (AvgIpc) is 2.46. The molecule has 2 N–H and O–H groups in total.